The Hall–Kier alpha value is -2.15. The van der Waals surface area contributed by atoms with E-state index in [2.05, 4.69) is 10.4 Å². The number of nitrogens with zero attached hydrogens (tertiary/aromatic N) is 3. The Morgan fingerprint density at radius 2 is 2.23 bits per heavy atom. The van der Waals surface area contributed by atoms with E-state index in [9.17, 15) is 9.59 Å². The van der Waals surface area contributed by atoms with E-state index in [4.69, 9.17) is 0 Å². The van der Waals surface area contributed by atoms with Gasteiger partial charge in [0.05, 0.1) is 17.7 Å². The maximum absolute atomic E-state index is 12.6. The average molecular weight is 318 g/mol. The van der Waals surface area contributed by atoms with Crippen LogP contribution in [0.25, 0.3) is 0 Å². The van der Waals surface area contributed by atoms with Gasteiger partial charge in [0.25, 0.3) is 0 Å². The molecule has 1 fully saturated rings. The van der Waals surface area contributed by atoms with Crippen LogP contribution in [0, 0.1) is 12.8 Å². The quantitative estimate of drug-likeness (QED) is 0.940. The van der Waals surface area contributed by atoms with E-state index in [0.717, 1.165) is 10.6 Å². The number of nitrogens with one attached hydrogen (secondary N) is 1. The van der Waals surface area contributed by atoms with Gasteiger partial charge in [-0.1, -0.05) is 6.07 Å². The Morgan fingerprint density at radius 3 is 2.82 bits per heavy atom. The first-order valence-electron chi connectivity index (χ1n) is 7.08. The third-order valence-corrected chi connectivity index (χ3v) is 4.95. The Balaban J connectivity index is 1.84. The molecule has 0 unspecified atom stereocenters. The zero-order valence-corrected chi connectivity index (χ0v) is 13.6. The molecule has 7 heteroatoms. The molecule has 2 aromatic rings. The van der Waals surface area contributed by atoms with Gasteiger partial charge in [-0.05, 0) is 18.4 Å². The van der Waals surface area contributed by atoms with Crippen molar-refractivity contribution in [2.24, 2.45) is 13.0 Å². The predicted octanol–water partition coefficient (Wildman–Crippen LogP) is 1.95. The molecule has 3 rings (SSSR count). The molecule has 1 N–H and O–H groups in total. The van der Waals surface area contributed by atoms with Crippen LogP contribution in [0.3, 0.4) is 0 Å². The molecule has 2 aromatic heterocycles. The van der Waals surface area contributed by atoms with Crippen molar-refractivity contribution >= 4 is 29.0 Å². The van der Waals surface area contributed by atoms with Gasteiger partial charge < -0.3 is 10.2 Å². The highest BCUT2D eigenvalue weighted by atomic mass is 32.1. The minimum Gasteiger partial charge on any atom is -0.337 e. The van der Waals surface area contributed by atoms with E-state index < -0.39 is 0 Å². The number of hydrogen-bond donors (Lipinski definition) is 1. The largest absolute Gasteiger partial charge is 0.337 e. The summed E-state index contributed by atoms with van der Waals surface area (Å²) in [6.45, 7) is 1.87. The third kappa shape index (κ3) is 2.52. The van der Waals surface area contributed by atoms with E-state index in [1.165, 1.54) is 0 Å². The second-order valence-electron chi connectivity index (χ2n) is 5.56. The summed E-state index contributed by atoms with van der Waals surface area (Å²) in [5.74, 6) is 0.125. The molecule has 3 heterocycles. The van der Waals surface area contributed by atoms with Crippen LogP contribution >= 0.6 is 11.3 Å². The van der Waals surface area contributed by atoms with Crippen LogP contribution in [0.2, 0.25) is 0 Å². The molecule has 0 spiro atoms. The summed E-state index contributed by atoms with van der Waals surface area (Å²) in [5, 5.41) is 9.07. The van der Waals surface area contributed by atoms with Crippen LogP contribution < -0.4 is 5.32 Å². The van der Waals surface area contributed by atoms with Gasteiger partial charge in [-0.3, -0.25) is 14.3 Å². The number of anilines is 1. The lowest BCUT2D eigenvalue weighted by Crippen LogP contribution is -2.30. The molecule has 1 saturated heterocycles. The molecule has 0 radical (unpaired) electrons. The fourth-order valence-electron chi connectivity index (χ4n) is 2.90. The van der Waals surface area contributed by atoms with E-state index in [1.807, 2.05) is 30.5 Å². The van der Waals surface area contributed by atoms with E-state index in [-0.39, 0.29) is 30.2 Å². The predicted molar refractivity (Wildman–Crippen MR) is 84.5 cm³/mol. The monoisotopic (exact) mass is 318 g/mol. The zero-order chi connectivity index (χ0) is 15.9. The Kier molecular flexibility index (Phi) is 3.74. The minimum atomic E-state index is -0.383. The lowest BCUT2D eigenvalue weighted by atomic mass is 9.98. The van der Waals surface area contributed by atoms with Gasteiger partial charge in [-0.15, -0.1) is 11.3 Å². The SMILES string of the molecule is Cc1cc(NC(=O)[C@@H]2CC(=O)N(C)[C@@H]2c2cccs2)n(C)n1. The minimum absolute atomic E-state index is 0.000244. The van der Waals surface area contributed by atoms with Crippen molar-refractivity contribution in [2.45, 2.75) is 19.4 Å². The number of likely N-dealkylation sites (tertiary alicyclic amines) is 1. The highest BCUT2D eigenvalue weighted by molar-refractivity contribution is 7.10. The summed E-state index contributed by atoms with van der Waals surface area (Å²) in [7, 11) is 3.54. The van der Waals surface area contributed by atoms with Gasteiger partial charge in [0, 0.05) is 31.5 Å². The van der Waals surface area contributed by atoms with Crippen LogP contribution in [0.5, 0.6) is 0 Å². The van der Waals surface area contributed by atoms with Crippen molar-refractivity contribution in [2.75, 3.05) is 12.4 Å². The molecule has 2 atom stereocenters. The summed E-state index contributed by atoms with van der Waals surface area (Å²) in [4.78, 5) is 27.4. The van der Waals surface area contributed by atoms with E-state index in [0.29, 0.717) is 5.82 Å². The summed E-state index contributed by atoms with van der Waals surface area (Å²) >= 11 is 1.57. The first-order chi connectivity index (χ1) is 10.5. The smallest absolute Gasteiger partial charge is 0.231 e. The Labute approximate surface area is 132 Å². The highest BCUT2D eigenvalue weighted by Crippen LogP contribution is 2.39. The van der Waals surface area contributed by atoms with Crippen LogP contribution in [0.15, 0.2) is 23.6 Å². The average Bonchev–Trinajstić information content (AvgIpc) is 3.13. The topological polar surface area (TPSA) is 67.2 Å². The summed E-state index contributed by atoms with van der Waals surface area (Å²) in [6, 6.07) is 5.54. The molecule has 22 heavy (non-hydrogen) atoms. The van der Waals surface area contributed by atoms with Crippen molar-refractivity contribution in [1.82, 2.24) is 14.7 Å². The van der Waals surface area contributed by atoms with E-state index in [1.54, 1.807) is 35.0 Å². The molecule has 6 nitrogen and oxygen atoms in total. The number of carbonyl (C=O) groups is 2. The van der Waals surface area contributed by atoms with Gasteiger partial charge in [0.2, 0.25) is 11.8 Å². The molecule has 116 valence electrons. The summed E-state index contributed by atoms with van der Waals surface area (Å²) in [6.07, 6.45) is 0.238. The van der Waals surface area contributed by atoms with Gasteiger partial charge in [0.1, 0.15) is 5.82 Å². The second-order valence-corrected chi connectivity index (χ2v) is 6.54. The van der Waals surface area contributed by atoms with Crippen molar-refractivity contribution in [3.05, 3.63) is 34.2 Å². The standard InChI is InChI=1S/C15H18N4O2S/c1-9-7-12(19(3)17-9)16-15(21)10-8-13(20)18(2)14(10)11-5-4-6-22-11/h4-7,10,14H,8H2,1-3H3,(H,16,21)/t10-,14+/m1/s1. The number of rotatable bonds is 3. The molecule has 1 aliphatic heterocycles. The molecule has 0 aliphatic carbocycles. The van der Waals surface area contributed by atoms with Crippen LogP contribution in [-0.2, 0) is 16.6 Å². The number of hydrogen-bond acceptors (Lipinski definition) is 4. The highest BCUT2D eigenvalue weighted by Gasteiger charge is 2.43. The number of aryl methyl sites for hydroxylation is 2. The van der Waals surface area contributed by atoms with E-state index >= 15 is 0 Å². The fraction of sp³-hybridized carbons (Fsp3) is 0.400. The molecular weight excluding hydrogens is 300 g/mol. The maximum Gasteiger partial charge on any atom is 0.231 e. The van der Waals surface area contributed by atoms with Crippen LogP contribution in [0.4, 0.5) is 5.82 Å². The second kappa shape index (κ2) is 5.57. The molecule has 0 bridgehead atoms. The lowest BCUT2D eigenvalue weighted by molar-refractivity contribution is -0.127. The van der Waals surface area contributed by atoms with Crippen molar-refractivity contribution in [3.8, 4) is 0 Å². The Morgan fingerprint density at radius 1 is 1.45 bits per heavy atom. The molecule has 1 aliphatic rings. The fourth-order valence-corrected chi connectivity index (χ4v) is 3.83. The van der Waals surface area contributed by atoms with Gasteiger partial charge >= 0.3 is 0 Å². The molecule has 0 aromatic carbocycles. The van der Waals surface area contributed by atoms with Gasteiger partial charge in [0.15, 0.2) is 0 Å². The number of carbonyl (C=O) groups excluding carboxylic acids is 2. The first-order valence-corrected chi connectivity index (χ1v) is 7.96. The van der Waals surface area contributed by atoms with Crippen LogP contribution in [0.1, 0.15) is 23.0 Å². The molecule has 0 saturated carbocycles. The zero-order valence-electron chi connectivity index (χ0n) is 12.7. The van der Waals surface area contributed by atoms with Crippen molar-refractivity contribution in [1.29, 1.82) is 0 Å². The van der Waals surface area contributed by atoms with Gasteiger partial charge in [-0.25, -0.2) is 0 Å². The third-order valence-electron chi connectivity index (χ3n) is 4.01. The number of thiophene rings is 1. The number of amides is 2. The normalized spacial score (nSPS) is 21.4. The summed E-state index contributed by atoms with van der Waals surface area (Å²) in [5.41, 5.74) is 0.840. The molecule has 2 amide bonds. The van der Waals surface area contributed by atoms with Crippen LogP contribution in [-0.4, -0.2) is 33.5 Å². The Bertz CT molecular complexity index is 707. The summed E-state index contributed by atoms with van der Waals surface area (Å²) < 4.78 is 1.63. The maximum atomic E-state index is 12.6. The number of aromatic nitrogens is 2. The molecular formula is C15H18N4O2S. The van der Waals surface area contributed by atoms with Crippen molar-refractivity contribution < 1.29 is 9.59 Å². The van der Waals surface area contributed by atoms with Crippen molar-refractivity contribution in [3.63, 3.8) is 0 Å². The lowest BCUT2D eigenvalue weighted by Gasteiger charge is -2.23. The van der Waals surface area contributed by atoms with Gasteiger partial charge in [-0.2, -0.15) is 5.10 Å². The first kappa shape index (κ1) is 14.8.